The Morgan fingerprint density at radius 3 is 2.41 bits per heavy atom. The average molecular weight is 458 g/mol. The van der Waals surface area contributed by atoms with Crippen LogP contribution >= 0.6 is 11.6 Å². The second kappa shape index (κ2) is 9.31. The fourth-order valence-electron chi connectivity index (χ4n) is 3.51. The Kier molecular flexibility index (Phi) is 6.31. The zero-order valence-electron chi connectivity index (χ0n) is 18.1. The number of ether oxygens (including phenoxy) is 2. The molecule has 0 aliphatic carbocycles. The molecule has 32 heavy (non-hydrogen) atoms. The molecule has 0 radical (unpaired) electrons. The van der Waals surface area contributed by atoms with Crippen molar-refractivity contribution in [3.8, 4) is 17.3 Å². The van der Waals surface area contributed by atoms with Gasteiger partial charge in [-0.3, -0.25) is 0 Å². The van der Waals surface area contributed by atoms with Crippen LogP contribution < -0.4 is 19.7 Å². The average Bonchev–Trinajstić information content (AvgIpc) is 3.34. The number of amides is 2. The van der Waals surface area contributed by atoms with Gasteiger partial charge in [0.2, 0.25) is 0 Å². The molecule has 168 valence electrons. The van der Waals surface area contributed by atoms with Gasteiger partial charge in [-0.2, -0.15) is 5.10 Å². The maximum atomic E-state index is 12.8. The number of hydrogen-bond acceptors (Lipinski definition) is 7. The van der Waals surface area contributed by atoms with Gasteiger partial charge in [-0.25, -0.2) is 19.4 Å². The molecule has 3 heterocycles. The van der Waals surface area contributed by atoms with Crippen molar-refractivity contribution in [3.63, 3.8) is 0 Å². The van der Waals surface area contributed by atoms with Crippen LogP contribution in [-0.4, -0.2) is 71.1 Å². The quantitative estimate of drug-likeness (QED) is 0.628. The third-order valence-electron chi connectivity index (χ3n) is 5.16. The summed E-state index contributed by atoms with van der Waals surface area (Å²) in [4.78, 5) is 25.7. The highest BCUT2D eigenvalue weighted by atomic mass is 35.5. The van der Waals surface area contributed by atoms with E-state index in [4.69, 9.17) is 21.1 Å². The number of benzene rings is 1. The van der Waals surface area contributed by atoms with Crippen molar-refractivity contribution in [1.82, 2.24) is 24.6 Å². The van der Waals surface area contributed by atoms with Crippen LogP contribution in [0, 0.1) is 6.92 Å². The van der Waals surface area contributed by atoms with Crippen LogP contribution in [0.1, 0.15) is 5.82 Å². The molecule has 1 saturated heterocycles. The van der Waals surface area contributed by atoms with Crippen LogP contribution in [0.3, 0.4) is 0 Å². The Bertz CT molecular complexity index is 1100. The molecule has 0 atom stereocenters. The minimum absolute atomic E-state index is 0.222. The molecule has 4 rings (SSSR count). The summed E-state index contributed by atoms with van der Waals surface area (Å²) in [7, 11) is 3.05. The summed E-state index contributed by atoms with van der Waals surface area (Å²) in [5.41, 5.74) is 0.487. The van der Waals surface area contributed by atoms with Gasteiger partial charge in [-0.1, -0.05) is 11.6 Å². The lowest BCUT2D eigenvalue weighted by atomic mass is 10.2. The Hall–Kier alpha value is -3.53. The molecule has 0 spiro atoms. The van der Waals surface area contributed by atoms with Gasteiger partial charge in [-0.05, 0) is 19.1 Å². The van der Waals surface area contributed by atoms with Gasteiger partial charge in [-0.15, -0.1) is 0 Å². The molecule has 0 unspecified atom stereocenters. The van der Waals surface area contributed by atoms with Crippen LogP contribution in [0.5, 0.6) is 11.5 Å². The van der Waals surface area contributed by atoms with Gasteiger partial charge in [0.1, 0.15) is 23.1 Å². The van der Waals surface area contributed by atoms with Gasteiger partial charge >= 0.3 is 6.03 Å². The molecular formula is C21H24ClN7O3. The minimum Gasteiger partial charge on any atom is -0.495 e. The van der Waals surface area contributed by atoms with Crippen molar-refractivity contribution in [2.75, 3.05) is 50.6 Å². The van der Waals surface area contributed by atoms with Crippen LogP contribution in [-0.2, 0) is 0 Å². The summed E-state index contributed by atoms with van der Waals surface area (Å²) >= 11 is 6.21. The highest BCUT2D eigenvalue weighted by molar-refractivity contribution is 6.32. The predicted octanol–water partition coefficient (Wildman–Crippen LogP) is 3.00. The number of hydrogen-bond donors (Lipinski definition) is 1. The van der Waals surface area contributed by atoms with E-state index in [1.54, 1.807) is 27.9 Å². The second-order valence-electron chi connectivity index (χ2n) is 7.17. The van der Waals surface area contributed by atoms with Gasteiger partial charge in [0.15, 0.2) is 5.82 Å². The Morgan fingerprint density at radius 2 is 1.75 bits per heavy atom. The second-order valence-corrected chi connectivity index (χ2v) is 7.58. The number of piperazine rings is 1. The Labute approximate surface area is 190 Å². The van der Waals surface area contributed by atoms with Gasteiger partial charge in [0.25, 0.3) is 0 Å². The summed E-state index contributed by atoms with van der Waals surface area (Å²) in [6.45, 7) is 4.22. The van der Waals surface area contributed by atoms with Crippen molar-refractivity contribution >= 4 is 29.1 Å². The molecule has 0 bridgehead atoms. The number of methoxy groups -OCH3 is 2. The topological polar surface area (TPSA) is 97.6 Å². The third kappa shape index (κ3) is 4.54. The van der Waals surface area contributed by atoms with Gasteiger partial charge < -0.3 is 24.6 Å². The first-order chi connectivity index (χ1) is 15.5. The molecule has 3 aromatic rings. The Balaban J connectivity index is 1.42. The fourth-order valence-corrected chi connectivity index (χ4v) is 3.75. The van der Waals surface area contributed by atoms with Crippen LogP contribution in [0.4, 0.5) is 16.3 Å². The standard InChI is InChI=1S/C21H24ClN7O3/c1-14-24-19(13-20(25-14)29-6-4-5-23-29)27-7-9-28(10-8-27)21(30)26-16-11-15(22)17(31-2)12-18(16)32-3/h4-6,11-13H,7-10H2,1-3H3,(H,26,30). The molecule has 1 aliphatic rings. The molecule has 1 aliphatic heterocycles. The van der Waals surface area contributed by atoms with Crippen LogP contribution in [0.25, 0.3) is 5.82 Å². The van der Waals surface area contributed by atoms with E-state index in [-0.39, 0.29) is 6.03 Å². The van der Waals surface area contributed by atoms with Crippen molar-refractivity contribution in [3.05, 3.63) is 47.5 Å². The summed E-state index contributed by atoms with van der Waals surface area (Å²) < 4.78 is 12.3. The number of anilines is 2. The van der Waals surface area contributed by atoms with Gasteiger partial charge in [0.05, 0.1) is 24.9 Å². The smallest absolute Gasteiger partial charge is 0.322 e. The summed E-state index contributed by atoms with van der Waals surface area (Å²) in [6.07, 6.45) is 3.55. The number of rotatable bonds is 5. The van der Waals surface area contributed by atoms with Crippen LogP contribution in [0.15, 0.2) is 36.7 Å². The van der Waals surface area contributed by atoms with E-state index in [1.807, 2.05) is 25.3 Å². The monoisotopic (exact) mass is 457 g/mol. The lowest BCUT2D eigenvalue weighted by Crippen LogP contribution is -2.50. The van der Waals surface area contributed by atoms with E-state index in [1.165, 1.54) is 14.2 Å². The highest BCUT2D eigenvalue weighted by Gasteiger charge is 2.24. The molecule has 0 saturated carbocycles. The van der Waals surface area contributed by atoms with Crippen LogP contribution in [0.2, 0.25) is 5.02 Å². The van der Waals surface area contributed by atoms with E-state index in [9.17, 15) is 4.79 Å². The first-order valence-corrected chi connectivity index (χ1v) is 10.4. The molecule has 10 nitrogen and oxygen atoms in total. The molecular weight excluding hydrogens is 434 g/mol. The molecule has 1 N–H and O–H groups in total. The maximum absolute atomic E-state index is 12.8. The van der Waals surface area contributed by atoms with Gasteiger partial charge in [0, 0.05) is 50.7 Å². The number of aromatic nitrogens is 4. The van der Waals surface area contributed by atoms with E-state index in [2.05, 4.69) is 25.3 Å². The zero-order chi connectivity index (χ0) is 22.7. The molecule has 11 heteroatoms. The first-order valence-electron chi connectivity index (χ1n) is 10.1. The Morgan fingerprint density at radius 1 is 1.03 bits per heavy atom. The molecule has 2 aromatic heterocycles. The highest BCUT2D eigenvalue weighted by Crippen LogP contribution is 2.36. The number of halogens is 1. The number of nitrogens with zero attached hydrogens (tertiary/aromatic N) is 6. The summed E-state index contributed by atoms with van der Waals surface area (Å²) in [5, 5.41) is 7.51. The zero-order valence-corrected chi connectivity index (χ0v) is 18.8. The van der Waals surface area contributed by atoms with E-state index < -0.39 is 0 Å². The molecule has 1 aromatic carbocycles. The predicted molar refractivity (Wildman–Crippen MR) is 121 cm³/mol. The van der Waals surface area contributed by atoms with E-state index in [0.29, 0.717) is 60.0 Å². The maximum Gasteiger partial charge on any atom is 0.322 e. The number of carbonyl (C=O) groups is 1. The largest absolute Gasteiger partial charge is 0.495 e. The summed E-state index contributed by atoms with van der Waals surface area (Å²) in [6, 6.07) is 6.79. The van der Waals surface area contributed by atoms with E-state index in [0.717, 1.165) is 5.82 Å². The SMILES string of the molecule is COc1cc(OC)c(NC(=O)N2CCN(c3cc(-n4cccn4)nc(C)n3)CC2)cc1Cl. The third-order valence-corrected chi connectivity index (χ3v) is 5.45. The lowest BCUT2D eigenvalue weighted by molar-refractivity contribution is 0.208. The lowest BCUT2D eigenvalue weighted by Gasteiger charge is -2.35. The number of nitrogens with one attached hydrogen (secondary N) is 1. The molecule has 2 amide bonds. The van der Waals surface area contributed by atoms with Crippen molar-refractivity contribution in [2.45, 2.75) is 6.92 Å². The first kappa shape index (κ1) is 21.7. The van der Waals surface area contributed by atoms with Crippen molar-refractivity contribution in [2.24, 2.45) is 0 Å². The minimum atomic E-state index is -0.222. The number of urea groups is 1. The van der Waals surface area contributed by atoms with E-state index >= 15 is 0 Å². The summed E-state index contributed by atoms with van der Waals surface area (Å²) in [5.74, 6) is 3.13. The van der Waals surface area contributed by atoms with Crippen molar-refractivity contribution < 1.29 is 14.3 Å². The van der Waals surface area contributed by atoms with Crippen molar-refractivity contribution in [1.29, 1.82) is 0 Å². The number of carbonyl (C=O) groups excluding carboxylic acids is 1. The normalized spacial score (nSPS) is 13.8. The molecule has 1 fully saturated rings. The number of aryl methyl sites for hydroxylation is 1. The fraction of sp³-hybridized carbons (Fsp3) is 0.333.